The van der Waals surface area contributed by atoms with Crippen LogP contribution in [-0.4, -0.2) is 43.9 Å². The molecule has 0 aliphatic carbocycles. The number of rotatable bonds is 6. The molecule has 6 nitrogen and oxygen atoms in total. The quantitative estimate of drug-likeness (QED) is 0.825. The minimum Gasteiger partial charge on any atom is -0.373 e. The molecule has 2 atom stereocenters. The van der Waals surface area contributed by atoms with Crippen molar-refractivity contribution in [2.24, 2.45) is 5.92 Å². The second-order valence-electron chi connectivity index (χ2n) is 7.12. The molecule has 0 saturated carbocycles. The van der Waals surface area contributed by atoms with Gasteiger partial charge in [0.1, 0.15) is 10.7 Å². The summed E-state index contributed by atoms with van der Waals surface area (Å²) in [6.07, 6.45) is 4.40. The third-order valence-electron chi connectivity index (χ3n) is 5.33. The number of aromatic nitrogens is 1. The lowest BCUT2D eigenvalue weighted by Gasteiger charge is -2.20. The van der Waals surface area contributed by atoms with Crippen molar-refractivity contribution in [1.82, 2.24) is 9.29 Å². The number of benzene rings is 1. The van der Waals surface area contributed by atoms with Crippen LogP contribution in [0.25, 0.3) is 0 Å². The number of sulfonamides is 1. The van der Waals surface area contributed by atoms with E-state index >= 15 is 0 Å². The average Bonchev–Trinajstić information content (AvgIpc) is 3.40. The van der Waals surface area contributed by atoms with E-state index in [2.05, 4.69) is 22.4 Å². The van der Waals surface area contributed by atoms with Gasteiger partial charge in [0, 0.05) is 38.4 Å². The van der Waals surface area contributed by atoms with Gasteiger partial charge in [-0.25, -0.2) is 13.4 Å². The second kappa shape index (κ2) is 7.96. The minimum absolute atomic E-state index is 0.0912. The highest BCUT2D eigenvalue weighted by Crippen LogP contribution is 2.34. The van der Waals surface area contributed by atoms with E-state index in [1.807, 2.05) is 18.2 Å². The summed E-state index contributed by atoms with van der Waals surface area (Å²) in [6, 6.07) is 13.6. The molecule has 1 aromatic carbocycles. The summed E-state index contributed by atoms with van der Waals surface area (Å²) in [5.74, 6) is 1.05. The zero-order valence-corrected chi connectivity index (χ0v) is 16.1. The lowest BCUT2D eigenvalue weighted by atomic mass is 9.95. The van der Waals surface area contributed by atoms with E-state index in [-0.39, 0.29) is 11.0 Å². The molecule has 0 radical (unpaired) electrons. The van der Waals surface area contributed by atoms with Gasteiger partial charge in [0.25, 0.3) is 0 Å². The van der Waals surface area contributed by atoms with E-state index < -0.39 is 10.0 Å². The van der Waals surface area contributed by atoms with Crippen molar-refractivity contribution in [3.05, 3.63) is 54.2 Å². The summed E-state index contributed by atoms with van der Waals surface area (Å²) in [4.78, 5) is 4.58. The Labute approximate surface area is 160 Å². The minimum atomic E-state index is -3.41. The predicted octanol–water partition coefficient (Wildman–Crippen LogP) is 3.06. The molecule has 2 fully saturated rings. The highest BCUT2D eigenvalue weighted by molar-refractivity contribution is 7.89. The first-order valence-electron chi connectivity index (χ1n) is 9.51. The fourth-order valence-electron chi connectivity index (χ4n) is 3.80. The van der Waals surface area contributed by atoms with Crippen molar-refractivity contribution in [3.63, 3.8) is 0 Å². The molecular formula is C20H25N3O3S. The normalized spacial score (nSPS) is 23.6. The second-order valence-corrected chi connectivity index (χ2v) is 9.06. The van der Waals surface area contributed by atoms with E-state index in [1.165, 1.54) is 16.1 Å². The van der Waals surface area contributed by atoms with Crippen LogP contribution in [0.15, 0.2) is 53.6 Å². The van der Waals surface area contributed by atoms with Crippen molar-refractivity contribution in [3.8, 4) is 0 Å². The predicted molar refractivity (Wildman–Crippen MR) is 104 cm³/mol. The standard InChI is InChI=1S/C20H25N3O3S/c24-27(25,23-11-4-5-12-23)18-8-9-19(22-15-18)21-14-17-10-13-26-20(17)16-6-2-1-3-7-16/h1-3,6-9,15,17,20H,4-5,10-14H2,(H,21,22). The van der Waals surface area contributed by atoms with Crippen molar-refractivity contribution in [2.45, 2.75) is 30.3 Å². The van der Waals surface area contributed by atoms with Gasteiger partial charge < -0.3 is 10.1 Å². The molecule has 144 valence electrons. The van der Waals surface area contributed by atoms with Crippen molar-refractivity contribution >= 4 is 15.8 Å². The fourth-order valence-corrected chi connectivity index (χ4v) is 5.27. The SMILES string of the molecule is O=S(=O)(c1ccc(NCC2CCOC2c2ccccc2)nc1)N1CCCC1. The van der Waals surface area contributed by atoms with Crippen LogP contribution in [0.4, 0.5) is 5.82 Å². The number of ether oxygens (including phenoxy) is 1. The van der Waals surface area contributed by atoms with Crippen LogP contribution < -0.4 is 5.32 Å². The average molecular weight is 388 g/mol. The van der Waals surface area contributed by atoms with Gasteiger partial charge in [-0.1, -0.05) is 30.3 Å². The molecule has 1 aromatic heterocycles. The number of hydrogen-bond donors (Lipinski definition) is 1. The molecule has 1 N–H and O–H groups in total. The Bertz CT molecular complexity index is 850. The van der Waals surface area contributed by atoms with E-state index in [9.17, 15) is 8.42 Å². The van der Waals surface area contributed by atoms with Crippen LogP contribution in [0.5, 0.6) is 0 Å². The van der Waals surface area contributed by atoms with E-state index in [1.54, 1.807) is 12.1 Å². The Morgan fingerprint density at radius 2 is 1.89 bits per heavy atom. The van der Waals surface area contributed by atoms with E-state index in [0.717, 1.165) is 32.4 Å². The third-order valence-corrected chi connectivity index (χ3v) is 7.21. The Kier molecular flexibility index (Phi) is 5.43. The Balaban J connectivity index is 1.39. The van der Waals surface area contributed by atoms with Crippen LogP contribution in [0.2, 0.25) is 0 Å². The molecule has 0 amide bonds. The zero-order valence-electron chi connectivity index (χ0n) is 15.3. The molecule has 0 spiro atoms. The first-order valence-corrected chi connectivity index (χ1v) is 11.0. The maximum Gasteiger partial charge on any atom is 0.244 e. The first-order chi connectivity index (χ1) is 13.1. The molecule has 0 bridgehead atoms. The van der Waals surface area contributed by atoms with E-state index in [4.69, 9.17) is 4.74 Å². The van der Waals surface area contributed by atoms with Crippen LogP contribution in [0.1, 0.15) is 30.9 Å². The lowest BCUT2D eigenvalue weighted by molar-refractivity contribution is 0.0933. The van der Waals surface area contributed by atoms with Gasteiger partial charge in [0.2, 0.25) is 10.0 Å². The van der Waals surface area contributed by atoms with Crippen molar-refractivity contribution in [1.29, 1.82) is 0 Å². The summed E-state index contributed by atoms with van der Waals surface area (Å²) < 4.78 is 32.6. The highest BCUT2D eigenvalue weighted by Gasteiger charge is 2.30. The Morgan fingerprint density at radius 3 is 2.59 bits per heavy atom. The van der Waals surface area contributed by atoms with Gasteiger partial charge in [0.15, 0.2) is 0 Å². The highest BCUT2D eigenvalue weighted by atomic mass is 32.2. The maximum absolute atomic E-state index is 12.6. The molecule has 2 unspecified atom stereocenters. The third kappa shape index (κ3) is 4.00. The Morgan fingerprint density at radius 1 is 1.11 bits per heavy atom. The molecule has 2 aliphatic rings. The summed E-state index contributed by atoms with van der Waals surface area (Å²) in [6.45, 7) is 2.70. The summed E-state index contributed by atoms with van der Waals surface area (Å²) >= 11 is 0. The number of pyridine rings is 1. The van der Waals surface area contributed by atoms with Crippen molar-refractivity contribution in [2.75, 3.05) is 31.6 Å². The molecule has 27 heavy (non-hydrogen) atoms. The van der Waals surface area contributed by atoms with Gasteiger partial charge in [-0.2, -0.15) is 4.31 Å². The van der Waals surface area contributed by atoms with Gasteiger partial charge >= 0.3 is 0 Å². The van der Waals surface area contributed by atoms with Gasteiger partial charge in [-0.05, 0) is 37.0 Å². The molecule has 2 aliphatic heterocycles. The maximum atomic E-state index is 12.6. The van der Waals surface area contributed by atoms with Crippen LogP contribution >= 0.6 is 0 Å². The number of nitrogens with one attached hydrogen (secondary N) is 1. The zero-order chi connectivity index (χ0) is 18.7. The number of anilines is 1. The van der Waals surface area contributed by atoms with E-state index in [0.29, 0.717) is 24.8 Å². The molecule has 2 saturated heterocycles. The van der Waals surface area contributed by atoms with Gasteiger partial charge in [-0.15, -0.1) is 0 Å². The van der Waals surface area contributed by atoms with Crippen molar-refractivity contribution < 1.29 is 13.2 Å². The van der Waals surface area contributed by atoms with Crippen LogP contribution in [-0.2, 0) is 14.8 Å². The first kappa shape index (κ1) is 18.4. The lowest BCUT2D eigenvalue weighted by Crippen LogP contribution is -2.28. The molecule has 2 aromatic rings. The molecule has 3 heterocycles. The smallest absolute Gasteiger partial charge is 0.244 e. The molecule has 7 heteroatoms. The molecular weight excluding hydrogens is 362 g/mol. The van der Waals surface area contributed by atoms with Crippen LogP contribution in [0, 0.1) is 5.92 Å². The summed E-state index contributed by atoms with van der Waals surface area (Å²) in [5.41, 5.74) is 1.20. The monoisotopic (exact) mass is 387 g/mol. The number of nitrogens with zero attached hydrogens (tertiary/aromatic N) is 2. The summed E-state index contributed by atoms with van der Waals surface area (Å²) in [5, 5.41) is 3.33. The molecule has 4 rings (SSSR count). The fraction of sp³-hybridized carbons (Fsp3) is 0.450. The topological polar surface area (TPSA) is 71.5 Å². The van der Waals surface area contributed by atoms with Crippen LogP contribution in [0.3, 0.4) is 0 Å². The van der Waals surface area contributed by atoms with Gasteiger partial charge in [0.05, 0.1) is 6.10 Å². The largest absolute Gasteiger partial charge is 0.373 e. The summed E-state index contributed by atoms with van der Waals surface area (Å²) in [7, 11) is -3.41. The van der Waals surface area contributed by atoms with Gasteiger partial charge in [-0.3, -0.25) is 0 Å². The Hall–Kier alpha value is -1.96. The number of hydrogen-bond acceptors (Lipinski definition) is 5.